The second kappa shape index (κ2) is 7.47. The summed E-state index contributed by atoms with van der Waals surface area (Å²) in [5, 5.41) is 0. The Morgan fingerprint density at radius 1 is 1.03 bits per heavy atom. The number of nitrogens with zero attached hydrogens (tertiary/aromatic N) is 3. The molecule has 9 nitrogen and oxygen atoms in total. The highest BCUT2D eigenvalue weighted by molar-refractivity contribution is 6.01. The maximum Gasteiger partial charge on any atom is 0.352 e. The van der Waals surface area contributed by atoms with Gasteiger partial charge < -0.3 is 9.47 Å². The van der Waals surface area contributed by atoms with Crippen LogP contribution < -0.4 is 11.4 Å². The quantitative estimate of drug-likeness (QED) is 0.415. The normalized spacial score (nSPS) is 18.9. The number of benzene rings is 1. The van der Waals surface area contributed by atoms with Crippen LogP contribution in [0.4, 0.5) is 0 Å². The smallest absolute Gasteiger partial charge is 0.352 e. The number of ether oxygens (including phenoxy) is 2. The van der Waals surface area contributed by atoms with E-state index in [9.17, 15) is 19.2 Å². The van der Waals surface area contributed by atoms with Gasteiger partial charge in [-0.15, -0.1) is 0 Å². The molecule has 30 heavy (non-hydrogen) atoms. The zero-order valence-electron chi connectivity index (χ0n) is 16.9. The molecule has 2 aromatic rings. The summed E-state index contributed by atoms with van der Waals surface area (Å²) in [5.74, 6) is -1.33. The van der Waals surface area contributed by atoms with Gasteiger partial charge in [0, 0.05) is 6.42 Å². The Kier molecular flexibility index (Phi) is 4.97. The summed E-state index contributed by atoms with van der Waals surface area (Å²) in [5.41, 5.74) is -1.29. The summed E-state index contributed by atoms with van der Waals surface area (Å²) in [6.07, 6.45) is 1.92. The Morgan fingerprint density at radius 2 is 1.67 bits per heavy atom. The van der Waals surface area contributed by atoms with Gasteiger partial charge in [-0.2, -0.15) is 0 Å². The Bertz CT molecular complexity index is 1120. The third-order valence-corrected chi connectivity index (χ3v) is 5.70. The lowest BCUT2D eigenvalue weighted by Crippen LogP contribution is -2.41. The lowest BCUT2D eigenvalue weighted by atomic mass is 9.85. The van der Waals surface area contributed by atoms with Gasteiger partial charge >= 0.3 is 23.3 Å². The molecule has 158 valence electrons. The molecular weight excluding hydrogens is 390 g/mol. The Balaban J connectivity index is 1.82. The first-order valence-corrected chi connectivity index (χ1v) is 9.97. The van der Waals surface area contributed by atoms with Gasteiger partial charge in [-0.05, 0) is 38.0 Å². The van der Waals surface area contributed by atoms with Crippen LogP contribution >= 0.6 is 0 Å². The van der Waals surface area contributed by atoms with Gasteiger partial charge in [0.15, 0.2) is 5.41 Å². The van der Waals surface area contributed by atoms with E-state index in [0.29, 0.717) is 5.69 Å². The zero-order chi connectivity index (χ0) is 21.5. The Morgan fingerprint density at radius 3 is 2.27 bits per heavy atom. The fourth-order valence-corrected chi connectivity index (χ4v) is 4.35. The minimum Gasteiger partial charge on any atom is -0.465 e. The highest BCUT2D eigenvalue weighted by atomic mass is 16.6. The van der Waals surface area contributed by atoms with Crippen molar-refractivity contribution in [2.24, 2.45) is 5.41 Å². The third kappa shape index (κ3) is 2.84. The van der Waals surface area contributed by atoms with E-state index in [1.165, 1.54) is 9.36 Å². The van der Waals surface area contributed by atoms with E-state index in [1.807, 2.05) is 0 Å². The average Bonchev–Trinajstić information content (AvgIpc) is 3.26. The molecule has 9 heteroatoms. The number of allylic oxidation sites excluding steroid dienone is 2. The molecule has 1 saturated carbocycles. The number of esters is 2. The molecule has 2 heterocycles. The van der Waals surface area contributed by atoms with Crippen LogP contribution in [0.3, 0.4) is 0 Å². The summed E-state index contributed by atoms with van der Waals surface area (Å²) in [6, 6.07) is 8.05. The van der Waals surface area contributed by atoms with E-state index in [1.54, 1.807) is 50.3 Å². The SMILES string of the molecule is CCOC(=O)C1(C(=O)OCC)CC2=CCn3c(=O)n(-c4ccccc4)c(=O)n3C2C1. The van der Waals surface area contributed by atoms with Crippen LogP contribution in [0.25, 0.3) is 5.69 Å². The van der Waals surface area contributed by atoms with Crippen molar-refractivity contribution in [1.29, 1.82) is 0 Å². The summed E-state index contributed by atoms with van der Waals surface area (Å²) < 4.78 is 14.2. The molecule has 0 bridgehead atoms. The minimum absolute atomic E-state index is 0.00858. The maximum atomic E-state index is 13.2. The number of hydrogen-bond donors (Lipinski definition) is 0. The molecule has 0 N–H and O–H groups in total. The predicted octanol–water partition coefficient (Wildman–Crippen LogP) is 1.19. The molecule has 2 aliphatic rings. The van der Waals surface area contributed by atoms with Gasteiger partial charge in [0.1, 0.15) is 0 Å². The molecule has 0 spiro atoms. The van der Waals surface area contributed by atoms with Crippen LogP contribution in [-0.4, -0.2) is 39.1 Å². The number of aromatic nitrogens is 3. The van der Waals surface area contributed by atoms with Gasteiger partial charge in [0.05, 0.1) is 31.5 Å². The first-order chi connectivity index (χ1) is 14.4. The highest BCUT2D eigenvalue weighted by Crippen LogP contribution is 2.50. The highest BCUT2D eigenvalue weighted by Gasteiger charge is 2.57. The van der Waals surface area contributed by atoms with Crippen molar-refractivity contribution in [3.05, 3.63) is 62.9 Å². The number of rotatable bonds is 5. The summed E-state index contributed by atoms with van der Waals surface area (Å²) in [7, 11) is 0. The van der Waals surface area contributed by atoms with Crippen LogP contribution in [0.5, 0.6) is 0 Å². The molecule has 1 fully saturated rings. The van der Waals surface area contributed by atoms with Crippen LogP contribution in [0.1, 0.15) is 32.7 Å². The van der Waals surface area contributed by atoms with Crippen molar-refractivity contribution in [3.63, 3.8) is 0 Å². The van der Waals surface area contributed by atoms with Crippen LogP contribution in [0, 0.1) is 5.41 Å². The van der Waals surface area contributed by atoms with E-state index in [-0.39, 0.29) is 32.6 Å². The lowest BCUT2D eigenvalue weighted by Gasteiger charge is -2.24. The van der Waals surface area contributed by atoms with Crippen LogP contribution in [-0.2, 0) is 25.6 Å². The van der Waals surface area contributed by atoms with Crippen molar-refractivity contribution in [2.75, 3.05) is 13.2 Å². The second-order valence-electron chi connectivity index (χ2n) is 7.36. The second-order valence-corrected chi connectivity index (χ2v) is 7.36. The monoisotopic (exact) mass is 413 g/mol. The van der Waals surface area contributed by atoms with E-state index >= 15 is 0 Å². The number of carbonyl (C=O) groups excluding carboxylic acids is 2. The summed E-state index contributed by atoms with van der Waals surface area (Å²) >= 11 is 0. The number of hydrogen-bond acceptors (Lipinski definition) is 6. The molecule has 0 amide bonds. The van der Waals surface area contributed by atoms with Crippen molar-refractivity contribution in [1.82, 2.24) is 13.9 Å². The fraction of sp³-hybridized carbons (Fsp3) is 0.429. The number of carbonyl (C=O) groups is 2. The fourth-order valence-electron chi connectivity index (χ4n) is 4.35. The molecular formula is C21H23N3O6. The average molecular weight is 413 g/mol. The van der Waals surface area contributed by atoms with E-state index in [0.717, 1.165) is 10.1 Å². The molecule has 0 radical (unpaired) electrons. The Hall–Kier alpha value is -3.36. The van der Waals surface area contributed by atoms with Gasteiger partial charge in [0.25, 0.3) is 0 Å². The summed E-state index contributed by atoms with van der Waals surface area (Å²) in [6.45, 7) is 3.76. The summed E-state index contributed by atoms with van der Waals surface area (Å²) in [4.78, 5) is 51.8. The van der Waals surface area contributed by atoms with Gasteiger partial charge in [-0.3, -0.25) is 9.59 Å². The maximum absolute atomic E-state index is 13.2. The molecule has 1 aromatic heterocycles. The van der Waals surface area contributed by atoms with E-state index in [2.05, 4.69) is 0 Å². The van der Waals surface area contributed by atoms with Crippen LogP contribution in [0.2, 0.25) is 0 Å². The molecule has 1 aliphatic heterocycles. The first kappa shape index (κ1) is 19.9. The molecule has 1 aliphatic carbocycles. The van der Waals surface area contributed by atoms with E-state index in [4.69, 9.17) is 9.47 Å². The van der Waals surface area contributed by atoms with Gasteiger partial charge in [-0.25, -0.2) is 23.5 Å². The molecule has 0 saturated heterocycles. The van der Waals surface area contributed by atoms with Crippen molar-refractivity contribution < 1.29 is 19.1 Å². The van der Waals surface area contributed by atoms with Crippen molar-refractivity contribution >= 4 is 11.9 Å². The standard InChI is InChI=1S/C21H23N3O6/c1-3-29-17(25)21(18(26)30-4-2)12-14-10-11-22-19(27)23(15-8-6-5-7-9-15)20(28)24(22)16(14)13-21/h5-10,16H,3-4,11-13H2,1-2H3. The van der Waals surface area contributed by atoms with Gasteiger partial charge in [0.2, 0.25) is 0 Å². The minimum atomic E-state index is -1.53. The zero-order valence-corrected chi connectivity index (χ0v) is 16.9. The van der Waals surface area contributed by atoms with Gasteiger partial charge in [-0.1, -0.05) is 24.3 Å². The molecule has 1 unspecified atom stereocenters. The molecule has 1 aromatic carbocycles. The lowest BCUT2D eigenvalue weighted by molar-refractivity contribution is -0.171. The predicted molar refractivity (Wildman–Crippen MR) is 106 cm³/mol. The topological polar surface area (TPSA) is 102 Å². The van der Waals surface area contributed by atoms with E-state index < -0.39 is 34.8 Å². The van der Waals surface area contributed by atoms with Crippen LogP contribution in [0.15, 0.2) is 51.6 Å². The van der Waals surface area contributed by atoms with Crippen molar-refractivity contribution in [3.8, 4) is 5.69 Å². The van der Waals surface area contributed by atoms with Crippen molar-refractivity contribution in [2.45, 2.75) is 39.3 Å². The number of para-hydroxylation sites is 1. The Labute approximate surface area is 172 Å². The largest absolute Gasteiger partial charge is 0.465 e. The third-order valence-electron chi connectivity index (χ3n) is 5.70. The molecule has 4 rings (SSSR count). The number of fused-ring (bicyclic) bond motifs is 3. The molecule has 1 atom stereocenters. The first-order valence-electron chi connectivity index (χ1n) is 9.97.